The smallest absolute Gasteiger partial charge is 0.184 e. The molecule has 1 atom stereocenters. The Balaban J connectivity index is 2.63. The van der Waals surface area contributed by atoms with Crippen molar-refractivity contribution in [3.05, 3.63) is 29.6 Å². The molecule has 50 valence electrons. The van der Waals surface area contributed by atoms with Gasteiger partial charge in [-0.1, -0.05) is 6.08 Å². The van der Waals surface area contributed by atoms with Gasteiger partial charge in [-0.2, -0.15) is 0 Å². The molecule has 0 aliphatic carbocycles. The molecule has 0 bridgehead atoms. The fourth-order valence-electron chi connectivity index (χ4n) is 0.690. The molecule has 0 radical (unpaired) electrons. The number of aliphatic hydroxyl groups is 1. The van der Waals surface area contributed by atoms with Crippen LogP contribution in [0.2, 0.25) is 0 Å². The Morgan fingerprint density at radius 2 is 2.33 bits per heavy atom. The van der Waals surface area contributed by atoms with Crippen molar-refractivity contribution in [2.45, 2.75) is 0 Å². The Labute approximate surface area is 53.7 Å². The van der Waals surface area contributed by atoms with Crippen LogP contribution in [0.15, 0.2) is 24.4 Å². The van der Waals surface area contributed by atoms with Gasteiger partial charge in [-0.25, -0.2) is 0 Å². The molecule has 0 aromatic carbocycles. The number of allylic oxidation sites excluding steroid dienone is 2. The van der Waals surface area contributed by atoms with Crippen LogP contribution in [0.4, 0.5) is 0 Å². The summed E-state index contributed by atoms with van der Waals surface area (Å²) >= 11 is 0. The molecule has 0 aromatic rings. The quantitative estimate of drug-likeness (QED) is 0.407. The summed E-state index contributed by atoms with van der Waals surface area (Å²) in [5.41, 5.74) is 0. The van der Waals surface area contributed by atoms with E-state index < -0.39 is 4.65 Å². The molecule has 1 unspecified atom stereocenters. The van der Waals surface area contributed by atoms with Gasteiger partial charge in [0.2, 0.25) is 0 Å². The average Bonchev–Trinajstić information content (AvgIpc) is 1.90. The summed E-state index contributed by atoms with van der Waals surface area (Å²) in [4.78, 5) is 0. The zero-order valence-corrected chi connectivity index (χ0v) is 5.03. The zero-order valence-electron chi connectivity index (χ0n) is 5.03. The van der Waals surface area contributed by atoms with E-state index in [9.17, 15) is 5.21 Å². The van der Waals surface area contributed by atoms with Crippen LogP contribution in [-0.2, 0) is 0 Å². The van der Waals surface area contributed by atoms with Crippen LogP contribution in [0.3, 0.4) is 0 Å². The van der Waals surface area contributed by atoms with E-state index in [1.165, 1.54) is 6.20 Å². The second-order valence-electron chi connectivity index (χ2n) is 2.05. The summed E-state index contributed by atoms with van der Waals surface area (Å²) in [5.74, 6) is 0. The lowest BCUT2D eigenvalue weighted by atomic mass is 10.4. The van der Waals surface area contributed by atoms with Crippen LogP contribution in [0, 0.1) is 5.21 Å². The SMILES string of the molecule is [O-][N+]1(CO)C=CC=CC1. The molecule has 0 saturated heterocycles. The van der Waals surface area contributed by atoms with Crippen LogP contribution in [0.1, 0.15) is 0 Å². The molecule has 0 amide bonds. The Morgan fingerprint density at radius 1 is 1.56 bits per heavy atom. The molecular formula is C6H9NO2. The van der Waals surface area contributed by atoms with Crippen LogP contribution in [-0.4, -0.2) is 23.0 Å². The monoisotopic (exact) mass is 127 g/mol. The maximum Gasteiger partial charge on any atom is 0.184 e. The lowest BCUT2D eigenvalue weighted by Gasteiger charge is -2.36. The van der Waals surface area contributed by atoms with E-state index in [-0.39, 0.29) is 6.73 Å². The predicted octanol–water partition coefficient (Wildman–Crippen LogP) is 0.334. The topological polar surface area (TPSA) is 43.3 Å². The molecule has 0 saturated carbocycles. The van der Waals surface area contributed by atoms with Crippen LogP contribution >= 0.6 is 0 Å². The number of hydrogen-bond donors (Lipinski definition) is 1. The highest BCUT2D eigenvalue weighted by atomic mass is 16.6. The first-order chi connectivity index (χ1) is 4.27. The minimum absolute atomic E-state index is 0.340. The normalized spacial score (nSPS) is 33.1. The van der Waals surface area contributed by atoms with Gasteiger partial charge in [0.1, 0.15) is 6.54 Å². The molecule has 1 aliphatic heterocycles. The van der Waals surface area contributed by atoms with Crippen molar-refractivity contribution in [2.75, 3.05) is 13.3 Å². The first-order valence-corrected chi connectivity index (χ1v) is 2.80. The summed E-state index contributed by atoms with van der Waals surface area (Å²) < 4.78 is -0.642. The minimum atomic E-state index is -0.642. The van der Waals surface area contributed by atoms with Gasteiger partial charge in [0.25, 0.3) is 0 Å². The van der Waals surface area contributed by atoms with Crippen molar-refractivity contribution in [1.29, 1.82) is 0 Å². The highest BCUT2D eigenvalue weighted by molar-refractivity contribution is 5.03. The lowest BCUT2D eigenvalue weighted by Crippen LogP contribution is -2.38. The first-order valence-electron chi connectivity index (χ1n) is 2.80. The Bertz CT molecular complexity index is 153. The third kappa shape index (κ3) is 1.38. The van der Waals surface area contributed by atoms with E-state index in [4.69, 9.17) is 5.11 Å². The van der Waals surface area contributed by atoms with E-state index in [0.29, 0.717) is 6.54 Å². The number of quaternary nitrogens is 1. The Morgan fingerprint density at radius 3 is 2.67 bits per heavy atom. The molecule has 3 heteroatoms. The minimum Gasteiger partial charge on any atom is -0.626 e. The predicted molar refractivity (Wildman–Crippen MR) is 33.9 cm³/mol. The van der Waals surface area contributed by atoms with Gasteiger partial charge in [-0.15, -0.1) is 0 Å². The summed E-state index contributed by atoms with van der Waals surface area (Å²) in [7, 11) is 0. The van der Waals surface area contributed by atoms with Gasteiger partial charge in [0.05, 0.1) is 6.20 Å². The highest BCUT2D eigenvalue weighted by Crippen LogP contribution is 2.07. The third-order valence-corrected chi connectivity index (χ3v) is 1.26. The summed E-state index contributed by atoms with van der Waals surface area (Å²) in [6, 6.07) is 0. The van der Waals surface area contributed by atoms with E-state index >= 15 is 0 Å². The third-order valence-electron chi connectivity index (χ3n) is 1.26. The molecular weight excluding hydrogens is 118 g/mol. The first kappa shape index (κ1) is 6.48. The van der Waals surface area contributed by atoms with Gasteiger partial charge in [0, 0.05) is 0 Å². The maximum absolute atomic E-state index is 11.0. The fourth-order valence-corrected chi connectivity index (χ4v) is 0.690. The summed E-state index contributed by atoms with van der Waals surface area (Å²) in [5, 5.41) is 19.6. The molecule has 1 N–H and O–H groups in total. The van der Waals surface area contributed by atoms with Gasteiger partial charge in [0.15, 0.2) is 6.73 Å². The van der Waals surface area contributed by atoms with Crippen molar-refractivity contribution in [3.63, 3.8) is 0 Å². The van der Waals surface area contributed by atoms with Crippen LogP contribution in [0.25, 0.3) is 0 Å². The van der Waals surface area contributed by atoms with Crippen LogP contribution in [0.5, 0.6) is 0 Å². The summed E-state index contributed by atoms with van der Waals surface area (Å²) in [6.45, 7) is -0.0339. The number of nitrogens with zero attached hydrogens (tertiary/aromatic N) is 1. The maximum atomic E-state index is 11.0. The Kier molecular flexibility index (Phi) is 1.66. The van der Waals surface area contributed by atoms with Crippen LogP contribution < -0.4 is 0 Å². The van der Waals surface area contributed by atoms with Crippen molar-refractivity contribution in [3.8, 4) is 0 Å². The van der Waals surface area contributed by atoms with E-state index in [1.807, 2.05) is 0 Å². The number of rotatable bonds is 1. The van der Waals surface area contributed by atoms with Gasteiger partial charge in [-0.3, -0.25) is 0 Å². The second-order valence-corrected chi connectivity index (χ2v) is 2.05. The molecule has 0 fully saturated rings. The number of hydrogen-bond acceptors (Lipinski definition) is 2. The number of hydroxylamine groups is 3. The van der Waals surface area contributed by atoms with Gasteiger partial charge >= 0.3 is 0 Å². The van der Waals surface area contributed by atoms with Gasteiger partial charge < -0.3 is 15.0 Å². The van der Waals surface area contributed by atoms with E-state index in [0.717, 1.165) is 0 Å². The molecule has 1 heterocycles. The van der Waals surface area contributed by atoms with E-state index in [1.54, 1.807) is 18.2 Å². The molecule has 0 aromatic heterocycles. The van der Waals surface area contributed by atoms with Crippen molar-refractivity contribution in [2.24, 2.45) is 0 Å². The number of aliphatic hydroxyl groups excluding tert-OH is 1. The van der Waals surface area contributed by atoms with Crippen molar-refractivity contribution < 1.29 is 9.75 Å². The average molecular weight is 127 g/mol. The fraction of sp³-hybridized carbons (Fsp3) is 0.333. The largest absolute Gasteiger partial charge is 0.626 e. The van der Waals surface area contributed by atoms with Crippen molar-refractivity contribution in [1.82, 2.24) is 0 Å². The highest BCUT2D eigenvalue weighted by Gasteiger charge is 2.09. The standard InChI is InChI=1S/C6H9NO2/c8-6-7(9)4-2-1-3-5-7/h1-4,8H,5-6H2. The molecule has 1 rings (SSSR count). The second kappa shape index (κ2) is 2.31. The molecule has 3 nitrogen and oxygen atoms in total. The van der Waals surface area contributed by atoms with Gasteiger partial charge in [-0.05, 0) is 12.2 Å². The summed E-state index contributed by atoms with van der Waals surface area (Å²) in [6.07, 6.45) is 6.61. The van der Waals surface area contributed by atoms with Crippen molar-refractivity contribution >= 4 is 0 Å². The van der Waals surface area contributed by atoms with E-state index in [2.05, 4.69) is 0 Å². The molecule has 0 spiro atoms. The Hall–Kier alpha value is -0.640. The lowest BCUT2D eigenvalue weighted by molar-refractivity contribution is -0.844. The molecule has 1 aliphatic rings. The molecule has 9 heavy (non-hydrogen) atoms. The zero-order chi connectivity index (χ0) is 6.74.